The van der Waals surface area contributed by atoms with E-state index in [0.717, 1.165) is 18.5 Å². The molecule has 1 atom stereocenters. The van der Waals surface area contributed by atoms with Gasteiger partial charge in [-0.2, -0.15) is 10.2 Å². The first-order valence-corrected chi connectivity index (χ1v) is 6.58. The largest absolute Gasteiger partial charge is 0.337 e. The molecule has 0 saturated carbocycles. The number of aromatic nitrogens is 4. The third kappa shape index (κ3) is 2.47. The average Bonchev–Trinajstić information content (AvgIpc) is 3.02. The second-order valence-electron chi connectivity index (χ2n) is 4.91. The van der Waals surface area contributed by atoms with E-state index in [1.807, 2.05) is 6.07 Å². The minimum absolute atomic E-state index is 0.148. The number of rotatable bonds is 2. The van der Waals surface area contributed by atoms with E-state index in [2.05, 4.69) is 20.4 Å². The summed E-state index contributed by atoms with van der Waals surface area (Å²) in [7, 11) is 0. The van der Waals surface area contributed by atoms with Crippen LogP contribution in [0.1, 0.15) is 34.9 Å². The molecule has 0 unspecified atom stereocenters. The summed E-state index contributed by atoms with van der Waals surface area (Å²) in [5.74, 6) is 0.128. The van der Waals surface area contributed by atoms with Crippen LogP contribution in [0.2, 0.25) is 0 Å². The van der Waals surface area contributed by atoms with Crippen molar-refractivity contribution >= 4 is 5.91 Å². The van der Waals surface area contributed by atoms with Gasteiger partial charge in [-0.25, -0.2) is 5.10 Å². The Balaban J connectivity index is 1.75. The van der Waals surface area contributed by atoms with Crippen molar-refractivity contribution in [3.8, 4) is 0 Å². The fraction of sp³-hybridized carbons (Fsp3) is 0.385. The Morgan fingerprint density at radius 3 is 2.90 bits per heavy atom. The van der Waals surface area contributed by atoms with Crippen molar-refractivity contribution in [1.82, 2.24) is 25.3 Å². The predicted molar refractivity (Wildman–Crippen MR) is 71.3 cm³/mol. The van der Waals surface area contributed by atoms with E-state index in [-0.39, 0.29) is 23.1 Å². The molecule has 2 aromatic rings. The zero-order valence-electron chi connectivity index (χ0n) is 10.9. The number of carbonyl (C=O) groups excluding carboxylic acids is 1. The number of H-pyrrole nitrogens is 2. The number of likely N-dealkylation sites (tertiary alicyclic amines) is 1. The lowest BCUT2D eigenvalue weighted by Gasteiger charge is -2.31. The van der Waals surface area contributed by atoms with E-state index in [0.29, 0.717) is 13.1 Å². The first-order chi connectivity index (χ1) is 9.74. The van der Waals surface area contributed by atoms with E-state index >= 15 is 0 Å². The summed E-state index contributed by atoms with van der Waals surface area (Å²) in [5, 5.41) is 13.0. The van der Waals surface area contributed by atoms with Crippen LogP contribution < -0.4 is 5.56 Å². The summed E-state index contributed by atoms with van der Waals surface area (Å²) in [6.45, 7) is 1.35. The summed E-state index contributed by atoms with van der Waals surface area (Å²) >= 11 is 0. The fourth-order valence-electron chi connectivity index (χ4n) is 2.54. The first kappa shape index (κ1) is 12.6. The Labute approximate surface area is 115 Å². The van der Waals surface area contributed by atoms with Crippen molar-refractivity contribution < 1.29 is 4.79 Å². The Morgan fingerprint density at radius 2 is 2.20 bits per heavy atom. The summed E-state index contributed by atoms with van der Waals surface area (Å²) < 4.78 is 0. The zero-order chi connectivity index (χ0) is 13.9. The highest BCUT2D eigenvalue weighted by molar-refractivity contribution is 5.92. The molecule has 20 heavy (non-hydrogen) atoms. The Kier molecular flexibility index (Phi) is 3.32. The van der Waals surface area contributed by atoms with Gasteiger partial charge in [-0.1, -0.05) is 0 Å². The highest BCUT2D eigenvalue weighted by atomic mass is 16.2. The molecule has 1 saturated heterocycles. The van der Waals surface area contributed by atoms with Gasteiger partial charge in [-0.05, 0) is 25.0 Å². The third-order valence-corrected chi connectivity index (χ3v) is 3.57. The van der Waals surface area contributed by atoms with Crippen LogP contribution in [0.3, 0.4) is 0 Å². The van der Waals surface area contributed by atoms with Crippen molar-refractivity contribution in [1.29, 1.82) is 0 Å². The van der Waals surface area contributed by atoms with Gasteiger partial charge < -0.3 is 4.90 Å². The summed E-state index contributed by atoms with van der Waals surface area (Å²) in [6, 6.07) is 4.72. The molecule has 1 fully saturated rings. The molecule has 1 aliphatic heterocycles. The third-order valence-electron chi connectivity index (χ3n) is 3.57. The number of piperidine rings is 1. The normalized spacial score (nSPS) is 19.0. The second kappa shape index (κ2) is 5.28. The maximum Gasteiger partial charge on any atom is 0.274 e. The lowest BCUT2D eigenvalue weighted by Crippen LogP contribution is -2.39. The van der Waals surface area contributed by atoms with Crippen LogP contribution in [0, 0.1) is 0 Å². The first-order valence-electron chi connectivity index (χ1n) is 6.58. The Hall–Kier alpha value is -2.44. The highest BCUT2D eigenvalue weighted by Crippen LogP contribution is 2.25. The zero-order valence-corrected chi connectivity index (χ0v) is 10.9. The van der Waals surface area contributed by atoms with Crippen LogP contribution >= 0.6 is 0 Å². The van der Waals surface area contributed by atoms with Crippen molar-refractivity contribution in [2.45, 2.75) is 18.8 Å². The number of nitrogens with one attached hydrogen (secondary N) is 2. The molecule has 0 bridgehead atoms. The molecule has 0 radical (unpaired) electrons. The summed E-state index contributed by atoms with van der Waals surface area (Å²) in [6.07, 6.45) is 3.70. The van der Waals surface area contributed by atoms with E-state index in [1.165, 1.54) is 12.1 Å². The van der Waals surface area contributed by atoms with Gasteiger partial charge in [0.25, 0.3) is 11.5 Å². The summed E-state index contributed by atoms with van der Waals surface area (Å²) in [5.41, 5.74) is 1.02. The molecule has 1 aliphatic rings. The van der Waals surface area contributed by atoms with E-state index in [4.69, 9.17) is 0 Å². The minimum atomic E-state index is -0.310. The van der Waals surface area contributed by atoms with Gasteiger partial charge >= 0.3 is 0 Å². The van der Waals surface area contributed by atoms with Crippen molar-refractivity contribution in [3.63, 3.8) is 0 Å². The van der Waals surface area contributed by atoms with Gasteiger partial charge in [-0.3, -0.25) is 14.7 Å². The van der Waals surface area contributed by atoms with E-state index in [9.17, 15) is 9.59 Å². The number of nitrogens with zero attached hydrogens (tertiary/aromatic N) is 3. The van der Waals surface area contributed by atoms with Crippen LogP contribution in [0.25, 0.3) is 0 Å². The topological polar surface area (TPSA) is 94.7 Å². The monoisotopic (exact) mass is 273 g/mol. The lowest BCUT2D eigenvalue weighted by molar-refractivity contribution is 0.0698. The molecule has 3 heterocycles. The standard InChI is InChI=1S/C13H15N5O2/c19-12-4-3-11(16-17-12)13(20)18-7-1-2-9(8-18)10-5-6-14-15-10/h3-6,9H,1-2,7-8H2,(H,14,15)(H,17,19)/t9-/m0/s1. The number of aromatic amines is 2. The average molecular weight is 273 g/mol. The minimum Gasteiger partial charge on any atom is -0.337 e. The van der Waals surface area contributed by atoms with Crippen LogP contribution in [0.15, 0.2) is 29.2 Å². The Morgan fingerprint density at radius 1 is 1.30 bits per heavy atom. The van der Waals surface area contributed by atoms with Gasteiger partial charge in [0.2, 0.25) is 0 Å². The molecular formula is C13H15N5O2. The molecule has 7 heteroatoms. The molecule has 7 nitrogen and oxygen atoms in total. The van der Waals surface area contributed by atoms with Crippen LogP contribution in [-0.2, 0) is 0 Å². The van der Waals surface area contributed by atoms with E-state index in [1.54, 1.807) is 11.1 Å². The molecule has 0 spiro atoms. The maximum absolute atomic E-state index is 12.3. The van der Waals surface area contributed by atoms with Gasteiger partial charge in [0.05, 0.1) is 0 Å². The van der Waals surface area contributed by atoms with Gasteiger partial charge in [0.1, 0.15) is 5.69 Å². The number of hydrogen-bond acceptors (Lipinski definition) is 4. The van der Waals surface area contributed by atoms with Crippen molar-refractivity contribution in [2.75, 3.05) is 13.1 Å². The number of carbonyl (C=O) groups is 1. The van der Waals surface area contributed by atoms with Gasteiger partial charge in [-0.15, -0.1) is 0 Å². The molecule has 2 aromatic heterocycles. The smallest absolute Gasteiger partial charge is 0.274 e. The molecular weight excluding hydrogens is 258 g/mol. The molecule has 3 rings (SSSR count). The fourth-order valence-corrected chi connectivity index (χ4v) is 2.54. The van der Waals surface area contributed by atoms with Crippen molar-refractivity contribution in [3.05, 3.63) is 46.1 Å². The molecule has 1 amide bonds. The quantitative estimate of drug-likeness (QED) is 0.833. The second-order valence-corrected chi connectivity index (χ2v) is 4.91. The molecule has 104 valence electrons. The number of amides is 1. The highest BCUT2D eigenvalue weighted by Gasteiger charge is 2.26. The molecule has 0 aliphatic carbocycles. The van der Waals surface area contributed by atoms with Crippen LogP contribution in [0.5, 0.6) is 0 Å². The van der Waals surface area contributed by atoms with Gasteiger partial charge in [0.15, 0.2) is 0 Å². The van der Waals surface area contributed by atoms with E-state index < -0.39 is 0 Å². The maximum atomic E-state index is 12.3. The van der Waals surface area contributed by atoms with Crippen LogP contribution in [-0.4, -0.2) is 44.3 Å². The SMILES string of the molecule is O=C(c1ccc(=O)[nH]n1)N1CCC[C@H](c2ccn[nH]2)C1. The van der Waals surface area contributed by atoms with Crippen LogP contribution in [0.4, 0.5) is 0 Å². The summed E-state index contributed by atoms with van der Waals surface area (Å²) in [4.78, 5) is 25.1. The van der Waals surface area contributed by atoms with Crippen molar-refractivity contribution in [2.24, 2.45) is 0 Å². The molecule has 0 aromatic carbocycles. The number of hydrogen-bond donors (Lipinski definition) is 2. The molecule has 2 N–H and O–H groups in total. The van der Waals surface area contributed by atoms with Gasteiger partial charge in [0, 0.05) is 37.0 Å². The Bertz CT molecular complexity index is 629. The predicted octanol–water partition coefficient (Wildman–Crippen LogP) is 0.513. The lowest BCUT2D eigenvalue weighted by atomic mass is 9.95.